The highest BCUT2D eigenvalue weighted by atomic mass is 79.9. The SMILES string of the molecule is CC(C)(C)OC(=O)CC1=N[C@@]2(c3cc(F)cc(Br)c3)CCC[C@H]2CS1. The van der Waals surface area contributed by atoms with Gasteiger partial charge in [-0.3, -0.25) is 9.79 Å². The summed E-state index contributed by atoms with van der Waals surface area (Å²) >= 11 is 5.03. The van der Waals surface area contributed by atoms with Crippen LogP contribution in [0.3, 0.4) is 0 Å². The van der Waals surface area contributed by atoms with Gasteiger partial charge in [0.15, 0.2) is 0 Å². The minimum atomic E-state index is -0.502. The predicted octanol–water partition coefficient (Wildman–Crippen LogP) is 5.46. The van der Waals surface area contributed by atoms with E-state index in [2.05, 4.69) is 15.9 Å². The van der Waals surface area contributed by atoms with E-state index in [0.717, 1.165) is 40.1 Å². The molecule has 0 radical (unpaired) electrons. The standard InChI is InChI=1S/C19H23BrFNO2S/c1-18(2,3)24-17(23)10-16-22-19(6-4-5-12(19)11-25-16)13-7-14(20)9-15(21)8-13/h7-9,12H,4-6,10-11H2,1-3H3/t12-,19-/m0/s1. The fourth-order valence-corrected chi connectivity index (χ4v) is 5.47. The second kappa shape index (κ2) is 7.03. The molecular formula is C19H23BrFNO2S. The number of carbonyl (C=O) groups is 1. The lowest BCUT2D eigenvalue weighted by atomic mass is 9.81. The van der Waals surface area contributed by atoms with Crippen LogP contribution in [0.1, 0.15) is 52.0 Å². The van der Waals surface area contributed by atoms with Gasteiger partial charge in [-0.2, -0.15) is 0 Å². The third kappa shape index (κ3) is 4.27. The van der Waals surface area contributed by atoms with Crippen LogP contribution in [0.15, 0.2) is 27.7 Å². The molecule has 2 aliphatic rings. The van der Waals surface area contributed by atoms with E-state index in [9.17, 15) is 9.18 Å². The van der Waals surface area contributed by atoms with Crippen LogP contribution in [0.2, 0.25) is 0 Å². The fraction of sp³-hybridized carbons (Fsp3) is 0.579. The summed E-state index contributed by atoms with van der Waals surface area (Å²) in [5.41, 5.74) is -0.00516. The predicted molar refractivity (Wildman–Crippen MR) is 103 cm³/mol. The second-order valence-corrected chi connectivity index (χ2v) is 9.76. The quantitative estimate of drug-likeness (QED) is 0.600. The van der Waals surface area contributed by atoms with Crippen molar-refractivity contribution >= 4 is 38.7 Å². The van der Waals surface area contributed by atoms with Crippen molar-refractivity contribution in [2.45, 2.75) is 57.6 Å². The van der Waals surface area contributed by atoms with Gasteiger partial charge in [-0.1, -0.05) is 22.4 Å². The number of aliphatic imine (C=N–C) groups is 1. The van der Waals surface area contributed by atoms with Crippen molar-refractivity contribution in [1.82, 2.24) is 0 Å². The van der Waals surface area contributed by atoms with Crippen LogP contribution in [-0.2, 0) is 15.1 Å². The molecule has 1 heterocycles. The van der Waals surface area contributed by atoms with Gasteiger partial charge in [-0.05, 0) is 63.3 Å². The van der Waals surface area contributed by atoms with E-state index in [1.54, 1.807) is 17.8 Å². The van der Waals surface area contributed by atoms with E-state index in [0.29, 0.717) is 5.92 Å². The van der Waals surface area contributed by atoms with Crippen LogP contribution in [-0.4, -0.2) is 22.4 Å². The molecule has 0 amide bonds. The molecule has 0 N–H and O–H groups in total. The second-order valence-electron chi connectivity index (χ2n) is 7.75. The number of nitrogens with zero attached hydrogens (tertiary/aromatic N) is 1. The number of rotatable bonds is 3. The largest absolute Gasteiger partial charge is 0.460 e. The Kier molecular flexibility index (Phi) is 5.31. The minimum absolute atomic E-state index is 0.187. The van der Waals surface area contributed by atoms with Gasteiger partial charge >= 0.3 is 5.97 Å². The Morgan fingerprint density at radius 3 is 2.88 bits per heavy atom. The van der Waals surface area contributed by atoms with Gasteiger partial charge in [0.1, 0.15) is 11.4 Å². The number of fused-ring (bicyclic) bond motifs is 1. The van der Waals surface area contributed by atoms with Crippen molar-refractivity contribution in [3.8, 4) is 0 Å². The number of carbonyl (C=O) groups excluding carboxylic acids is 1. The molecule has 1 aliphatic carbocycles. The molecule has 1 fully saturated rings. The molecular weight excluding hydrogens is 405 g/mol. The average molecular weight is 428 g/mol. The number of halogens is 2. The highest BCUT2D eigenvalue weighted by molar-refractivity contribution is 9.10. The van der Waals surface area contributed by atoms with E-state index in [-0.39, 0.29) is 18.2 Å². The topological polar surface area (TPSA) is 38.7 Å². The Labute approximate surface area is 160 Å². The third-order valence-electron chi connectivity index (χ3n) is 4.64. The number of hydrogen-bond acceptors (Lipinski definition) is 4. The van der Waals surface area contributed by atoms with Crippen LogP contribution < -0.4 is 0 Å². The van der Waals surface area contributed by atoms with Gasteiger partial charge in [-0.25, -0.2) is 4.39 Å². The zero-order valence-electron chi connectivity index (χ0n) is 14.8. The molecule has 1 aromatic carbocycles. The minimum Gasteiger partial charge on any atom is -0.460 e. The van der Waals surface area contributed by atoms with E-state index in [4.69, 9.17) is 9.73 Å². The van der Waals surface area contributed by atoms with Crippen molar-refractivity contribution < 1.29 is 13.9 Å². The number of benzene rings is 1. The summed E-state index contributed by atoms with van der Waals surface area (Å²) in [6.45, 7) is 5.58. The molecule has 0 saturated heterocycles. The van der Waals surface area contributed by atoms with Gasteiger partial charge in [0.25, 0.3) is 0 Å². The first kappa shape index (κ1) is 18.9. The molecule has 2 atom stereocenters. The molecule has 25 heavy (non-hydrogen) atoms. The zero-order valence-corrected chi connectivity index (χ0v) is 17.2. The molecule has 0 spiro atoms. The van der Waals surface area contributed by atoms with E-state index < -0.39 is 11.1 Å². The first-order valence-corrected chi connectivity index (χ1v) is 10.4. The van der Waals surface area contributed by atoms with E-state index in [1.165, 1.54) is 6.07 Å². The Morgan fingerprint density at radius 1 is 1.44 bits per heavy atom. The summed E-state index contributed by atoms with van der Waals surface area (Å²) < 4.78 is 20.1. The first-order valence-electron chi connectivity index (χ1n) is 8.58. The lowest BCUT2D eigenvalue weighted by molar-refractivity contribution is -0.153. The normalized spacial score (nSPS) is 26.1. The van der Waals surface area contributed by atoms with E-state index in [1.807, 2.05) is 26.8 Å². The first-order chi connectivity index (χ1) is 11.7. The number of hydrogen-bond donors (Lipinski definition) is 0. The zero-order chi connectivity index (χ0) is 18.2. The van der Waals surface area contributed by atoms with Crippen LogP contribution in [0.4, 0.5) is 4.39 Å². The van der Waals surface area contributed by atoms with Crippen LogP contribution >= 0.6 is 27.7 Å². The number of ether oxygens (including phenoxy) is 1. The molecule has 0 unspecified atom stereocenters. The summed E-state index contributed by atoms with van der Waals surface area (Å²) in [5, 5.41) is 0.799. The van der Waals surface area contributed by atoms with Gasteiger partial charge < -0.3 is 4.74 Å². The van der Waals surface area contributed by atoms with Crippen molar-refractivity contribution in [2.75, 3.05) is 5.75 Å². The Morgan fingerprint density at radius 2 is 2.20 bits per heavy atom. The smallest absolute Gasteiger partial charge is 0.312 e. The van der Waals surface area contributed by atoms with Crippen molar-refractivity contribution in [3.63, 3.8) is 0 Å². The van der Waals surface area contributed by atoms with Gasteiger partial charge in [0, 0.05) is 10.2 Å². The van der Waals surface area contributed by atoms with E-state index >= 15 is 0 Å². The molecule has 1 aromatic rings. The number of esters is 1. The van der Waals surface area contributed by atoms with Crippen LogP contribution in [0.25, 0.3) is 0 Å². The van der Waals surface area contributed by atoms with Crippen LogP contribution in [0, 0.1) is 11.7 Å². The summed E-state index contributed by atoms with van der Waals surface area (Å²) in [7, 11) is 0. The lowest BCUT2D eigenvalue weighted by Crippen LogP contribution is -2.35. The molecule has 1 saturated carbocycles. The van der Waals surface area contributed by atoms with Gasteiger partial charge in [-0.15, -0.1) is 11.8 Å². The molecule has 6 heteroatoms. The van der Waals surface area contributed by atoms with Gasteiger partial charge in [0.2, 0.25) is 0 Å². The average Bonchev–Trinajstić information content (AvgIpc) is 2.88. The molecule has 3 nitrogen and oxygen atoms in total. The third-order valence-corrected chi connectivity index (χ3v) is 6.23. The van der Waals surface area contributed by atoms with Crippen molar-refractivity contribution in [1.29, 1.82) is 0 Å². The molecule has 1 aliphatic heterocycles. The molecule has 0 bridgehead atoms. The summed E-state index contributed by atoms with van der Waals surface area (Å²) in [6.07, 6.45) is 3.24. The fourth-order valence-electron chi connectivity index (χ4n) is 3.72. The Balaban J connectivity index is 1.91. The lowest BCUT2D eigenvalue weighted by Gasteiger charge is -2.37. The maximum atomic E-state index is 14.0. The highest BCUT2D eigenvalue weighted by Gasteiger charge is 2.47. The molecule has 136 valence electrons. The van der Waals surface area contributed by atoms with Crippen molar-refractivity contribution in [2.24, 2.45) is 10.9 Å². The molecule has 3 rings (SSSR count). The highest BCUT2D eigenvalue weighted by Crippen LogP contribution is 2.51. The monoisotopic (exact) mass is 427 g/mol. The van der Waals surface area contributed by atoms with Crippen molar-refractivity contribution in [3.05, 3.63) is 34.1 Å². The molecule has 0 aromatic heterocycles. The number of thioether (sulfide) groups is 1. The Bertz CT molecular complexity index is 696. The maximum absolute atomic E-state index is 14.0. The summed E-state index contributed by atoms with van der Waals surface area (Å²) in [6, 6.07) is 5.02. The summed E-state index contributed by atoms with van der Waals surface area (Å²) in [4.78, 5) is 17.2. The van der Waals surface area contributed by atoms with Gasteiger partial charge in [0.05, 0.1) is 17.0 Å². The Hall–Kier alpha value is -0.880. The van der Waals surface area contributed by atoms with Crippen LogP contribution in [0.5, 0.6) is 0 Å². The maximum Gasteiger partial charge on any atom is 0.312 e. The summed E-state index contributed by atoms with van der Waals surface area (Å²) in [5.74, 6) is 0.779.